The van der Waals surface area contributed by atoms with Crippen molar-refractivity contribution in [2.24, 2.45) is 5.92 Å². The van der Waals surface area contributed by atoms with Gasteiger partial charge < -0.3 is 15.0 Å². The van der Waals surface area contributed by atoms with Crippen LogP contribution in [0.1, 0.15) is 27.3 Å². The maximum atomic E-state index is 13.4. The minimum Gasteiger partial charge on any atom is -0.379 e. The van der Waals surface area contributed by atoms with Crippen LogP contribution in [0.2, 0.25) is 0 Å². The molecule has 174 valence electrons. The van der Waals surface area contributed by atoms with Gasteiger partial charge in [0.05, 0.1) is 18.7 Å². The third-order valence-corrected chi connectivity index (χ3v) is 6.01. The largest absolute Gasteiger partial charge is 0.379 e. The number of hydrogen-bond acceptors (Lipinski definition) is 6. The average Bonchev–Trinajstić information content (AvgIpc) is 3.18. The number of rotatable bonds is 5. The molecule has 0 saturated carbocycles. The van der Waals surface area contributed by atoms with Gasteiger partial charge >= 0.3 is 0 Å². The number of amides is 1. The standard InChI is InChI=1S/C26H28N6O2/c1-18-13-19(2)29-26(28-18)30-23-7-3-5-22(15-23)25(33)31-11-12-34-17-20(16-31)14-21-6-4-10-32-24(21)8-9-27-32/h3-10,13,15,20H,11-12,14,16-17H2,1-2H3,(H,28,29,30)/t20-/m0/s1. The minimum atomic E-state index is 0.00283. The molecule has 0 spiro atoms. The molecule has 1 amide bonds. The Balaban J connectivity index is 1.31. The summed E-state index contributed by atoms with van der Waals surface area (Å²) in [6.07, 6.45) is 4.58. The quantitative estimate of drug-likeness (QED) is 0.492. The molecule has 1 atom stereocenters. The summed E-state index contributed by atoms with van der Waals surface area (Å²) in [6.45, 7) is 6.25. The molecule has 3 aromatic heterocycles. The molecule has 1 N–H and O–H groups in total. The van der Waals surface area contributed by atoms with Gasteiger partial charge in [-0.05, 0) is 62.2 Å². The molecule has 0 unspecified atom stereocenters. The zero-order valence-electron chi connectivity index (χ0n) is 19.4. The fraction of sp³-hybridized carbons (Fsp3) is 0.308. The second-order valence-electron chi connectivity index (χ2n) is 8.77. The van der Waals surface area contributed by atoms with Gasteiger partial charge in [0.15, 0.2) is 0 Å². The van der Waals surface area contributed by atoms with Crippen LogP contribution >= 0.6 is 0 Å². The molecular weight excluding hydrogens is 428 g/mol. The number of nitrogens with one attached hydrogen (secondary N) is 1. The van der Waals surface area contributed by atoms with Crippen LogP contribution in [0, 0.1) is 19.8 Å². The highest BCUT2D eigenvalue weighted by molar-refractivity contribution is 5.95. The summed E-state index contributed by atoms with van der Waals surface area (Å²) in [6, 6.07) is 15.6. The molecule has 1 aromatic carbocycles. The van der Waals surface area contributed by atoms with Gasteiger partial charge in [-0.1, -0.05) is 12.1 Å². The molecule has 34 heavy (non-hydrogen) atoms. The van der Waals surface area contributed by atoms with Gasteiger partial charge in [0.1, 0.15) is 0 Å². The van der Waals surface area contributed by atoms with Crippen LogP contribution in [0.15, 0.2) is 60.9 Å². The van der Waals surface area contributed by atoms with Crippen LogP contribution in [0.3, 0.4) is 0 Å². The van der Waals surface area contributed by atoms with Crippen LogP contribution in [0.4, 0.5) is 11.6 Å². The molecule has 1 aliphatic heterocycles. The average molecular weight is 457 g/mol. The van der Waals surface area contributed by atoms with E-state index >= 15 is 0 Å². The van der Waals surface area contributed by atoms with E-state index in [1.165, 1.54) is 5.56 Å². The van der Waals surface area contributed by atoms with Crippen molar-refractivity contribution in [3.63, 3.8) is 0 Å². The smallest absolute Gasteiger partial charge is 0.254 e. The minimum absolute atomic E-state index is 0.00283. The highest BCUT2D eigenvalue weighted by Gasteiger charge is 2.24. The molecule has 4 aromatic rings. The predicted molar refractivity (Wildman–Crippen MR) is 130 cm³/mol. The van der Waals surface area contributed by atoms with Gasteiger partial charge in [-0.3, -0.25) is 4.79 Å². The van der Waals surface area contributed by atoms with Crippen LogP contribution in [0.5, 0.6) is 0 Å². The summed E-state index contributed by atoms with van der Waals surface area (Å²) in [7, 11) is 0. The van der Waals surface area contributed by atoms with Gasteiger partial charge in [0.2, 0.25) is 5.95 Å². The summed E-state index contributed by atoms with van der Waals surface area (Å²) in [5, 5.41) is 7.55. The molecule has 0 aliphatic carbocycles. The van der Waals surface area contributed by atoms with Gasteiger partial charge in [-0.2, -0.15) is 5.10 Å². The fourth-order valence-electron chi connectivity index (χ4n) is 4.51. The Labute approximate surface area is 198 Å². The molecule has 1 aliphatic rings. The highest BCUT2D eigenvalue weighted by Crippen LogP contribution is 2.21. The van der Waals surface area contributed by atoms with E-state index in [0.29, 0.717) is 37.8 Å². The van der Waals surface area contributed by atoms with Crippen LogP contribution in [-0.2, 0) is 11.2 Å². The Hall–Kier alpha value is -3.78. The number of fused-ring (bicyclic) bond motifs is 1. The number of hydrogen-bond donors (Lipinski definition) is 1. The summed E-state index contributed by atoms with van der Waals surface area (Å²) in [4.78, 5) is 24.2. The first-order valence-corrected chi connectivity index (χ1v) is 11.5. The Morgan fingerprint density at radius 1 is 1.12 bits per heavy atom. The zero-order valence-corrected chi connectivity index (χ0v) is 19.4. The van der Waals surface area contributed by atoms with Gasteiger partial charge in [0.25, 0.3) is 5.91 Å². The van der Waals surface area contributed by atoms with Crippen LogP contribution < -0.4 is 5.32 Å². The monoisotopic (exact) mass is 456 g/mol. The molecule has 5 rings (SSSR count). The van der Waals surface area contributed by atoms with E-state index in [2.05, 4.69) is 26.4 Å². The predicted octanol–water partition coefficient (Wildman–Crippen LogP) is 3.82. The van der Waals surface area contributed by atoms with Crippen molar-refractivity contribution < 1.29 is 9.53 Å². The molecule has 1 saturated heterocycles. The van der Waals surface area contributed by atoms with Crippen molar-refractivity contribution in [3.8, 4) is 0 Å². The third kappa shape index (κ3) is 4.92. The van der Waals surface area contributed by atoms with Crippen molar-refractivity contribution >= 4 is 23.1 Å². The topological polar surface area (TPSA) is 84.7 Å². The van der Waals surface area contributed by atoms with Crippen molar-refractivity contribution in [1.82, 2.24) is 24.5 Å². The Kier molecular flexibility index (Phi) is 6.22. The van der Waals surface area contributed by atoms with E-state index < -0.39 is 0 Å². The molecule has 4 heterocycles. The summed E-state index contributed by atoms with van der Waals surface area (Å²) in [5.74, 6) is 0.736. The summed E-state index contributed by atoms with van der Waals surface area (Å²) in [5.41, 5.74) is 5.51. The number of carbonyl (C=O) groups is 1. The van der Waals surface area contributed by atoms with Crippen molar-refractivity contribution in [2.75, 3.05) is 31.6 Å². The lowest BCUT2D eigenvalue weighted by Crippen LogP contribution is -2.36. The zero-order chi connectivity index (χ0) is 23.5. The second-order valence-corrected chi connectivity index (χ2v) is 8.77. The van der Waals surface area contributed by atoms with E-state index in [1.54, 1.807) is 0 Å². The number of benzene rings is 1. The maximum absolute atomic E-state index is 13.4. The lowest BCUT2D eigenvalue weighted by molar-refractivity contribution is 0.0737. The molecule has 8 heteroatoms. The number of aryl methyl sites for hydroxylation is 2. The van der Waals surface area contributed by atoms with Crippen molar-refractivity contribution in [1.29, 1.82) is 0 Å². The van der Waals surface area contributed by atoms with Crippen LogP contribution in [-0.4, -0.2) is 56.7 Å². The SMILES string of the molecule is Cc1cc(C)nc(Nc2cccc(C(=O)N3CCOC[C@@H](Cc4cccn5nccc45)C3)c2)n1. The molecule has 8 nitrogen and oxygen atoms in total. The van der Waals surface area contributed by atoms with E-state index in [0.717, 1.165) is 29.0 Å². The van der Waals surface area contributed by atoms with Crippen LogP contribution in [0.25, 0.3) is 5.52 Å². The van der Waals surface area contributed by atoms with Crippen molar-refractivity contribution in [3.05, 3.63) is 83.4 Å². The lowest BCUT2D eigenvalue weighted by atomic mass is 9.99. The van der Waals surface area contributed by atoms with E-state index in [9.17, 15) is 4.79 Å². The maximum Gasteiger partial charge on any atom is 0.254 e. The van der Waals surface area contributed by atoms with Gasteiger partial charge in [-0.25, -0.2) is 14.5 Å². The Morgan fingerprint density at radius 2 is 1.97 bits per heavy atom. The van der Waals surface area contributed by atoms with Gasteiger partial charge in [0, 0.05) is 54.0 Å². The molecule has 0 bridgehead atoms. The van der Waals surface area contributed by atoms with E-state index in [-0.39, 0.29) is 11.8 Å². The first-order chi connectivity index (χ1) is 16.5. The second kappa shape index (κ2) is 9.61. The number of anilines is 2. The lowest BCUT2D eigenvalue weighted by Gasteiger charge is -2.24. The normalized spacial score (nSPS) is 16.4. The fourth-order valence-corrected chi connectivity index (χ4v) is 4.51. The Morgan fingerprint density at radius 3 is 2.82 bits per heavy atom. The van der Waals surface area contributed by atoms with Crippen molar-refractivity contribution in [2.45, 2.75) is 20.3 Å². The van der Waals surface area contributed by atoms with E-state index in [1.807, 2.05) is 78.1 Å². The third-order valence-electron chi connectivity index (χ3n) is 6.01. The summed E-state index contributed by atoms with van der Waals surface area (Å²) < 4.78 is 7.75. The first kappa shape index (κ1) is 22.0. The van der Waals surface area contributed by atoms with Gasteiger partial charge in [-0.15, -0.1) is 0 Å². The number of pyridine rings is 1. The van der Waals surface area contributed by atoms with E-state index in [4.69, 9.17) is 4.74 Å². The number of aromatic nitrogens is 4. The number of ether oxygens (including phenoxy) is 1. The number of carbonyl (C=O) groups excluding carboxylic acids is 1. The molecular formula is C26H28N6O2. The Bertz CT molecular complexity index is 1300. The molecule has 1 fully saturated rings. The summed E-state index contributed by atoms with van der Waals surface area (Å²) >= 11 is 0. The first-order valence-electron chi connectivity index (χ1n) is 11.5. The highest BCUT2D eigenvalue weighted by atomic mass is 16.5. The number of nitrogens with zero attached hydrogens (tertiary/aromatic N) is 5. The molecule has 0 radical (unpaired) electrons.